The summed E-state index contributed by atoms with van der Waals surface area (Å²) in [6.45, 7) is 12.3. The molecule has 20 heavy (non-hydrogen) atoms. The van der Waals surface area contributed by atoms with Crippen LogP contribution in [0.3, 0.4) is 0 Å². The Labute approximate surface area is 133 Å². The molecule has 0 saturated heterocycles. The van der Waals surface area contributed by atoms with Crippen LogP contribution < -0.4 is 5.32 Å². The quantitative estimate of drug-likeness (QED) is 0.515. The van der Waals surface area contributed by atoms with Crippen LogP contribution in [0.1, 0.15) is 60.3 Å². The van der Waals surface area contributed by atoms with Crippen LogP contribution >= 0.6 is 15.9 Å². The second kappa shape index (κ2) is 15.1. The Bertz CT molecular complexity index is 214. The van der Waals surface area contributed by atoms with Gasteiger partial charge in [0.25, 0.3) is 0 Å². The number of halogens is 1. The largest absolute Gasteiger partial charge is 0.444 e. The van der Waals surface area contributed by atoms with Gasteiger partial charge in [0.1, 0.15) is 5.60 Å². The zero-order valence-corrected chi connectivity index (χ0v) is 15.3. The van der Waals surface area contributed by atoms with Gasteiger partial charge in [-0.05, 0) is 33.6 Å². The lowest BCUT2D eigenvalue weighted by molar-refractivity contribution is 0.0527. The molecule has 0 rings (SSSR count). The molecule has 1 N–H and O–H groups in total. The molecule has 0 aliphatic heterocycles. The first-order valence-corrected chi connectivity index (χ1v) is 8.60. The number of ether oxygens (including phenoxy) is 2. The van der Waals surface area contributed by atoms with E-state index in [0.717, 1.165) is 44.2 Å². The number of alkyl halides is 1. The molecule has 5 heteroatoms. The van der Waals surface area contributed by atoms with Crippen molar-refractivity contribution in [3.05, 3.63) is 0 Å². The van der Waals surface area contributed by atoms with Crippen LogP contribution in [0, 0.1) is 0 Å². The summed E-state index contributed by atoms with van der Waals surface area (Å²) < 4.78 is 10.2. The fraction of sp³-hybridized carbons (Fsp3) is 0.933. The summed E-state index contributed by atoms with van der Waals surface area (Å²) in [4.78, 5) is 11.1. The normalized spacial score (nSPS) is 10.5. The molecule has 0 spiro atoms. The van der Waals surface area contributed by atoms with Crippen LogP contribution in [0.15, 0.2) is 0 Å². The Balaban J connectivity index is 0. The number of hydrogen-bond donors (Lipinski definition) is 1. The zero-order valence-electron chi connectivity index (χ0n) is 13.8. The highest BCUT2D eigenvalue weighted by molar-refractivity contribution is 9.09. The smallest absolute Gasteiger partial charge is 0.407 e. The molecule has 0 unspecified atom stereocenters. The molecule has 0 aliphatic rings. The molecular weight excluding hydrogens is 322 g/mol. The van der Waals surface area contributed by atoms with Crippen molar-refractivity contribution < 1.29 is 14.3 Å². The van der Waals surface area contributed by atoms with Gasteiger partial charge in [0.05, 0.1) is 6.61 Å². The number of alkyl carbamates (subject to hydrolysis) is 1. The van der Waals surface area contributed by atoms with Crippen molar-refractivity contribution in [2.75, 3.05) is 25.1 Å². The Morgan fingerprint density at radius 1 is 1.10 bits per heavy atom. The first kappa shape index (κ1) is 22.0. The van der Waals surface area contributed by atoms with Crippen LogP contribution in [-0.2, 0) is 9.47 Å². The Kier molecular flexibility index (Phi) is 16.6. The van der Waals surface area contributed by atoms with Gasteiger partial charge >= 0.3 is 6.09 Å². The van der Waals surface area contributed by atoms with Crippen molar-refractivity contribution in [1.82, 2.24) is 5.32 Å². The monoisotopic (exact) mass is 353 g/mol. The molecule has 0 saturated carbocycles. The van der Waals surface area contributed by atoms with E-state index in [2.05, 4.69) is 35.1 Å². The van der Waals surface area contributed by atoms with Gasteiger partial charge in [-0.3, -0.25) is 0 Å². The van der Waals surface area contributed by atoms with Gasteiger partial charge in [-0.15, -0.1) is 0 Å². The maximum atomic E-state index is 11.1. The lowest BCUT2D eigenvalue weighted by atomic mass is 10.2. The van der Waals surface area contributed by atoms with E-state index in [1.807, 2.05) is 20.8 Å². The average molecular weight is 354 g/mol. The van der Waals surface area contributed by atoms with Gasteiger partial charge in [0.2, 0.25) is 0 Å². The lowest BCUT2D eigenvalue weighted by Crippen LogP contribution is -2.32. The van der Waals surface area contributed by atoms with E-state index in [0.29, 0.717) is 6.54 Å². The van der Waals surface area contributed by atoms with E-state index < -0.39 is 5.60 Å². The highest BCUT2D eigenvalue weighted by atomic mass is 79.9. The first-order chi connectivity index (χ1) is 9.37. The SMILES string of the molecule is CCCCCNC(=O)OC(C)(C)C.CCCOCCBr. The molecule has 1 amide bonds. The van der Waals surface area contributed by atoms with Gasteiger partial charge < -0.3 is 14.8 Å². The predicted molar refractivity (Wildman–Crippen MR) is 88.7 cm³/mol. The fourth-order valence-electron chi connectivity index (χ4n) is 1.18. The molecule has 0 aromatic heterocycles. The van der Waals surface area contributed by atoms with Crippen molar-refractivity contribution in [2.45, 2.75) is 65.9 Å². The van der Waals surface area contributed by atoms with Gasteiger partial charge in [0, 0.05) is 18.5 Å². The van der Waals surface area contributed by atoms with E-state index in [-0.39, 0.29) is 6.09 Å². The highest BCUT2D eigenvalue weighted by Gasteiger charge is 2.15. The maximum Gasteiger partial charge on any atom is 0.407 e. The summed E-state index contributed by atoms with van der Waals surface area (Å²) >= 11 is 3.25. The minimum Gasteiger partial charge on any atom is -0.444 e. The summed E-state index contributed by atoms with van der Waals surface area (Å²) in [7, 11) is 0. The van der Waals surface area contributed by atoms with E-state index in [4.69, 9.17) is 9.47 Å². The van der Waals surface area contributed by atoms with E-state index in [9.17, 15) is 4.79 Å². The van der Waals surface area contributed by atoms with Crippen molar-refractivity contribution in [3.8, 4) is 0 Å². The number of hydrogen-bond acceptors (Lipinski definition) is 3. The minimum absolute atomic E-state index is 0.316. The van der Waals surface area contributed by atoms with E-state index in [1.165, 1.54) is 0 Å². The summed E-state index contributed by atoms with van der Waals surface area (Å²) in [5.41, 5.74) is -0.394. The number of amides is 1. The van der Waals surface area contributed by atoms with Gasteiger partial charge in [-0.25, -0.2) is 4.79 Å². The third-order valence-corrected chi connectivity index (χ3v) is 2.34. The summed E-state index contributed by atoms with van der Waals surface area (Å²) in [6, 6.07) is 0. The van der Waals surface area contributed by atoms with Crippen LogP contribution in [0.2, 0.25) is 0 Å². The van der Waals surface area contributed by atoms with E-state index >= 15 is 0 Å². The molecular formula is C15H32BrNO3. The molecule has 0 aromatic rings. The predicted octanol–water partition coefficient (Wildman–Crippen LogP) is 4.51. The lowest BCUT2D eigenvalue weighted by Gasteiger charge is -2.19. The molecule has 0 aliphatic carbocycles. The number of carbonyl (C=O) groups excluding carboxylic acids is 1. The second-order valence-electron chi connectivity index (χ2n) is 5.44. The maximum absolute atomic E-state index is 11.1. The van der Waals surface area contributed by atoms with Crippen molar-refractivity contribution in [3.63, 3.8) is 0 Å². The van der Waals surface area contributed by atoms with Crippen molar-refractivity contribution in [1.29, 1.82) is 0 Å². The molecule has 0 bridgehead atoms. The van der Waals surface area contributed by atoms with Crippen LogP contribution in [-0.4, -0.2) is 36.8 Å². The molecule has 0 radical (unpaired) electrons. The number of unbranched alkanes of at least 4 members (excludes halogenated alkanes) is 2. The van der Waals surface area contributed by atoms with Crippen LogP contribution in [0.25, 0.3) is 0 Å². The standard InChI is InChI=1S/C10H21NO2.C5H11BrO/c1-5-6-7-8-11-9(12)13-10(2,3)4;1-2-4-7-5-3-6/h5-8H2,1-4H3,(H,11,12);2-5H2,1H3. The Morgan fingerprint density at radius 3 is 2.20 bits per heavy atom. The van der Waals surface area contributed by atoms with E-state index in [1.54, 1.807) is 0 Å². The van der Waals surface area contributed by atoms with Gasteiger partial charge in [0.15, 0.2) is 0 Å². The molecule has 0 fully saturated rings. The van der Waals surface area contributed by atoms with Crippen molar-refractivity contribution in [2.24, 2.45) is 0 Å². The molecule has 122 valence electrons. The molecule has 0 atom stereocenters. The molecule has 0 heterocycles. The number of nitrogens with one attached hydrogen (secondary N) is 1. The third-order valence-electron chi connectivity index (χ3n) is 2.02. The fourth-order valence-corrected chi connectivity index (χ4v) is 1.41. The number of rotatable bonds is 8. The third kappa shape index (κ3) is 22.9. The van der Waals surface area contributed by atoms with Crippen molar-refractivity contribution >= 4 is 22.0 Å². The Hall–Kier alpha value is -0.290. The summed E-state index contributed by atoms with van der Waals surface area (Å²) in [5.74, 6) is 0. The molecule has 4 nitrogen and oxygen atoms in total. The zero-order chi connectivity index (χ0) is 15.9. The van der Waals surface area contributed by atoms with Crippen LogP contribution in [0.4, 0.5) is 4.79 Å². The summed E-state index contributed by atoms with van der Waals surface area (Å²) in [5, 5.41) is 3.66. The molecule has 0 aromatic carbocycles. The summed E-state index contributed by atoms with van der Waals surface area (Å²) in [6.07, 6.45) is 4.14. The van der Waals surface area contributed by atoms with Crippen LogP contribution in [0.5, 0.6) is 0 Å². The highest BCUT2D eigenvalue weighted by Crippen LogP contribution is 2.06. The Morgan fingerprint density at radius 2 is 1.75 bits per heavy atom. The second-order valence-corrected chi connectivity index (χ2v) is 6.23. The average Bonchev–Trinajstić information content (AvgIpc) is 2.34. The topological polar surface area (TPSA) is 47.6 Å². The van der Waals surface area contributed by atoms with Gasteiger partial charge in [-0.1, -0.05) is 42.6 Å². The van der Waals surface area contributed by atoms with Gasteiger partial charge in [-0.2, -0.15) is 0 Å². The first-order valence-electron chi connectivity index (χ1n) is 7.47. The number of carbonyl (C=O) groups is 1. The minimum atomic E-state index is -0.394.